The Bertz CT molecular complexity index is 1360. The molecule has 1 aromatic carbocycles. The van der Waals surface area contributed by atoms with Crippen LogP contribution < -0.4 is 5.56 Å². The Morgan fingerprint density at radius 3 is 2.79 bits per heavy atom. The van der Waals surface area contributed by atoms with Crippen molar-refractivity contribution < 1.29 is 23.6 Å². The number of unbranched alkanes of at least 4 members (excludes halogenated alkanes) is 2. The second-order valence-electron chi connectivity index (χ2n) is 10.8. The summed E-state index contributed by atoms with van der Waals surface area (Å²) in [5.74, 6) is -0.0927. The molecule has 5 rings (SSSR count). The number of ether oxygens (including phenoxy) is 1. The number of hydrogen-bond donors (Lipinski definition) is 1. The van der Waals surface area contributed by atoms with Gasteiger partial charge < -0.3 is 19.3 Å². The number of fused-ring (bicyclic) bond motifs is 2. The summed E-state index contributed by atoms with van der Waals surface area (Å²) in [4.78, 5) is 31.3. The first kappa shape index (κ1) is 27.5. The lowest BCUT2D eigenvalue weighted by molar-refractivity contribution is -0.137. The second-order valence-corrected chi connectivity index (χ2v) is 10.8. The molecule has 3 aromatic rings. The van der Waals surface area contributed by atoms with Gasteiger partial charge in [0.1, 0.15) is 17.7 Å². The quantitative estimate of drug-likeness (QED) is 0.347. The number of piperidine rings is 1. The van der Waals surface area contributed by atoms with Crippen molar-refractivity contribution in [3.63, 3.8) is 0 Å². The van der Waals surface area contributed by atoms with Gasteiger partial charge in [0, 0.05) is 54.7 Å². The van der Waals surface area contributed by atoms with E-state index in [2.05, 4.69) is 10.1 Å². The van der Waals surface area contributed by atoms with E-state index >= 15 is 0 Å². The molecular formula is C29H37FN4O5. The minimum atomic E-state index is -0.768. The molecule has 1 unspecified atom stereocenters. The fourth-order valence-electron chi connectivity index (χ4n) is 5.90. The van der Waals surface area contributed by atoms with E-state index in [4.69, 9.17) is 19.4 Å². The van der Waals surface area contributed by atoms with Crippen molar-refractivity contribution in [2.24, 2.45) is 0 Å². The number of halogens is 1. The minimum Gasteiger partial charge on any atom is -0.481 e. The predicted molar refractivity (Wildman–Crippen MR) is 143 cm³/mol. The van der Waals surface area contributed by atoms with Gasteiger partial charge >= 0.3 is 5.97 Å². The number of carbonyl (C=O) groups is 1. The number of hydrogen-bond acceptors (Lipinski definition) is 7. The summed E-state index contributed by atoms with van der Waals surface area (Å²) in [7, 11) is 0. The summed E-state index contributed by atoms with van der Waals surface area (Å²) in [6.45, 7) is 5.72. The Morgan fingerprint density at radius 1 is 1.18 bits per heavy atom. The third-order valence-electron chi connectivity index (χ3n) is 8.10. The number of aromatic nitrogens is 3. The molecule has 1 N–H and O–H groups in total. The second kappa shape index (κ2) is 12.4. The highest BCUT2D eigenvalue weighted by Crippen LogP contribution is 2.33. The lowest BCUT2D eigenvalue weighted by Gasteiger charge is -2.31. The molecule has 9 nitrogen and oxygen atoms in total. The zero-order valence-electron chi connectivity index (χ0n) is 22.5. The molecule has 0 radical (unpaired) electrons. The molecule has 2 aromatic heterocycles. The monoisotopic (exact) mass is 540 g/mol. The van der Waals surface area contributed by atoms with Crippen LogP contribution in [0.15, 0.2) is 27.5 Å². The van der Waals surface area contributed by atoms with Crippen LogP contribution in [0.1, 0.15) is 86.2 Å². The van der Waals surface area contributed by atoms with Gasteiger partial charge in [0.05, 0.1) is 5.69 Å². The molecule has 4 heterocycles. The van der Waals surface area contributed by atoms with Crippen molar-refractivity contribution in [2.45, 2.75) is 83.3 Å². The van der Waals surface area contributed by atoms with Gasteiger partial charge in [0.25, 0.3) is 5.56 Å². The molecule has 39 heavy (non-hydrogen) atoms. The zero-order chi connectivity index (χ0) is 27.4. The SMILES string of the molecule is Cc1nc2n(c(=O)c1CCN1CCC(c3noc4cc(F)ccc34)CC1)CCCC2OCCCCCC(=O)O. The smallest absolute Gasteiger partial charge is 0.303 e. The van der Waals surface area contributed by atoms with Crippen molar-refractivity contribution in [2.75, 3.05) is 26.2 Å². The third-order valence-corrected chi connectivity index (χ3v) is 8.10. The molecule has 1 atom stereocenters. The predicted octanol–water partition coefficient (Wildman–Crippen LogP) is 4.75. The van der Waals surface area contributed by atoms with Gasteiger partial charge in [0.15, 0.2) is 5.58 Å². The van der Waals surface area contributed by atoms with Crippen LogP contribution in [0.4, 0.5) is 4.39 Å². The molecule has 210 valence electrons. The fourth-order valence-corrected chi connectivity index (χ4v) is 5.90. The Kier molecular flexibility index (Phi) is 8.72. The van der Waals surface area contributed by atoms with Crippen LogP contribution in [-0.2, 0) is 22.5 Å². The van der Waals surface area contributed by atoms with E-state index in [1.807, 2.05) is 6.92 Å². The number of carboxylic acid groups (broad SMARTS) is 1. The molecule has 2 aliphatic rings. The van der Waals surface area contributed by atoms with Gasteiger partial charge in [-0.3, -0.25) is 14.2 Å². The van der Waals surface area contributed by atoms with E-state index in [-0.39, 0.29) is 29.8 Å². The van der Waals surface area contributed by atoms with Crippen LogP contribution >= 0.6 is 0 Å². The first-order valence-electron chi connectivity index (χ1n) is 14.1. The number of carboxylic acids is 1. The molecule has 0 spiro atoms. The molecule has 1 saturated heterocycles. The van der Waals surface area contributed by atoms with Crippen LogP contribution in [0.3, 0.4) is 0 Å². The van der Waals surface area contributed by atoms with E-state index < -0.39 is 5.97 Å². The molecule has 0 saturated carbocycles. The average molecular weight is 541 g/mol. The van der Waals surface area contributed by atoms with Crippen molar-refractivity contribution in [1.29, 1.82) is 0 Å². The Labute approximate surface area is 226 Å². The molecule has 0 amide bonds. The van der Waals surface area contributed by atoms with E-state index in [0.29, 0.717) is 31.6 Å². The Balaban J connectivity index is 1.15. The molecule has 0 aliphatic carbocycles. The molecule has 10 heteroatoms. The van der Waals surface area contributed by atoms with E-state index in [1.165, 1.54) is 12.1 Å². The summed E-state index contributed by atoms with van der Waals surface area (Å²) in [6, 6.07) is 4.58. The van der Waals surface area contributed by atoms with Crippen molar-refractivity contribution in [3.05, 3.63) is 57.1 Å². The maximum atomic E-state index is 13.5. The van der Waals surface area contributed by atoms with E-state index in [9.17, 15) is 14.0 Å². The molecule has 1 fully saturated rings. The number of likely N-dealkylation sites (tertiary alicyclic amines) is 1. The number of benzene rings is 1. The van der Waals surface area contributed by atoms with Gasteiger partial charge in [-0.25, -0.2) is 9.37 Å². The molecular weight excluding hydrogens is 503 g/mol. The summed E-state index contributed by atoms with van der Waals surface area (Å²) in [6.07, 6.45) is 6.50. The lowest BCUT2D eigenvalue weighted by Crippen LogP contribution is -2.38. The van der Waals surface area contributed by atoms with Gasteiger partial charge in [-0.1, -0.05) is 11.6 Å². The molecule has 0 bridgehead atoms. The van der Waals surface area contributed by atoms with Crippen molar-refractivity contribution in [3.8, 4) is 0 Å². The van der Waals surface area contributed by atoms with E-state index in [0.717, 1.165) is 86.3 Å². The summed E-state index contributed by atoms with van der Waals surface area (Å²) < 4.78 is 26.7. The van der Waals surface area contributed by atoms with Gasteiger partial charge in [-0.2, -0.15) is 0 Å². The topological polar surface area (TPSA) is 111 Å². The zero-order valence-corrected chi connectivity index (χ0v) is 22.5. The Hall–Kier alpha value is -3.11. The number of aryl methyl sites for hydroxylation is 1. The van der Waals surface area contributed by atoms with Crippen molar-refractivity contribution >= 4 is 16.9 Å². The standard InChI is InChI=1S/C29H37FN4O5/c1-19-22(29(37)34-13-5-6-24(28(34)31-19)38-17-4-2-3-7-26(35)36)12-16-33-14-10-20(11-15-33)27-23-9-8-21(30)18-25(23)39-32-27/h8-9,18,20,24H,2-7,10-17H2,1H3,(H,35,36). The third kappa shape index (κ3) is 6.38. The van der Waals surface area contributed by atoms with Crippen LogP contribution in [0.25, 0.3) is 11.0 Å². The van der Waals surface area contributed by atoms with Crippen LogP contribution in [0.2, 0.25) is 0 Å². The Morgan fingerprint density at radius 2 is 2.00 bits per heavy atom. The van der Waals surface area contributed by atoms with Gasteiger partial charge in [-0.05, 0) is 77.1 Å². The maximum absolute atomic E-state index is 13.5. The first-order chi connectivity index (χ1) is 18.9. The minimum absolute atomic E-state index is 0.0449. The van der Waals surface area contributed by atoms with Crippen LogP contribution in [0.5, 0.6) is 0 Å². The summed E-state index contributed by atoms with van der Waals surface area (Å²) >= 11 is 0. The number of rotatable bonds is 11. The highest BCUT2D eigenvalue weighted by atomic mass is 19.1. The normalized spacial score (nSPS) is 18.5. The summed E-state index contributed by atoms with van der Waals surface area (Å²) in [5.41, 5.74) is 3.00. The van der Waals surface area contributed by atoms with Gasteiger partial charge in [0.2, 0.25) is 0 Å². The maximum Gasteiger partial charge on any atom is 0.303 e. The molecule has 2 aliphatic heterocycles. The number of aliphatic carboxylic acids is 1. The highest BCUT2D eigenvalue weighted by Gasteiger charge is 2.28. The van der Waals surface area contributed by atoms with E-state index in [1.54, 1.807) is 10.6 Å². The van der Waals surface area contributed by atoms with Gasteiger partial charge in [-0.15, -0.1) is 0 Å². The first-order valence-corrected chi connectivity index (χ1v) is 14.1. The van der Waals surface area contributed by atoms with Crippen LogP contribution in [0, 0.1) is 12.7 Å². The van der Waals surface area contributed by atoms with Crippen molar-refractivity contribution in [1.82, 2.24) is 19.6 Å². The fraction of sp³-hybridized carbons (Fsp3) is 0.586. The lowest BCUT2D eigenvalue weighted by atomic mass is 9.91. The number of nitrogens with zero attached hydrogens (tertiary/aromatic N) is 4. The highest BCUT2D eigenvalue weighted by molar-refractivity contribution is 5.79. The average Bonchev–Trinajstić information content (AvgIpc) is 3.34. The van der Waals surface area contributed by atoms with Crippen LogP contribution in [-0.4, -0.2) is 56.9 Å². The largest absolute Gasteiger partial charge is 0.481 e. The summed E-state index contributed by atoms with van der Waals surface area (Å²) in [5, 5.41) is 13.9.